The summed E-state index contributed by atoms with van der Waals surface area (Å²) in [7, 11) is 1.60. The lowest BCUT2D eigenvalue weighted by Crippen LogP contribution is -2.00. The molecule has 0 spiro atoms. The molecule has 0 unspecified atom stereocenters. The molecule has 1 aromatic carbocycles. The van der Waals surface area contributed by atoms with Crippen molar-refractivity contribution in [2.75, 3.05) is 12.4 Å². The minimum Gasteiger partial charge on any atom is -0.497 e. The summed E-state index contributed by atoms with van der Waals surface area (Å²) in [6, 6.07) is 10.6. The first-order valence-corrected chi connectivity index (χ1v) is 7.87. The molecule has 7 heteroatoms. The smallest absolute Gasteiger partial charge is 0.163 e. The number of halogens is 1. The molecule has 0 amide bonds. The van der Waals surface area contributed by atoms with Crippen molar-refractivity contribution in [3.8, 4) is 17.1 Å². The molecule has 0 aliphatic rings. The molecule has 4 aromatic rings. The summed E-state index contributed by atoms with van der Waals surface area (Å²) >= 11 is 0. The zero-order chi connectivity index (χ0) is 17.9. The normalized spacial score (nSPS) is 10.7. The number of nitrogens with zero attached hydrogens (tertiary/aromatic N) is 4. The van der Waals surface area contributed by atoms with Crippen molar-refractivity contribution in [3.63, 3.8) is 0 Å². The fourth-order valence-corrected chi connectivity index (χ4v) is 2.57. The van der Waals surface area contributed by atoms with E-state index in [0.717, 1.165) is 17.1 Å². The van der Waals surface area contributed by atoms with Crippen LogP contribution >= 0.6 is 0 Å². The predicted octanol–water partition coefficient (Wildman–Crippen LogP) is 3.98. The molecule has 0 aliphatic carbocycles. The lowest BCUT2D eigenvalue weighted by atomic mass is 10.2. The van der Waals surface area contributed by atoms with Crippen LogP contribution in [0.15, 0.2) is 61.2 Å². The predicted molar refractivity (Wildman–Crippen MR) is 96.8 cm³/mol. The second-order valence-electron chi connectivity index (χ2n) is 5.54. The molecule has 4 rings (SSSR count). The molecule has 0 saturated heterocycles. The summed E-state index contributed by atoms with van der Waals surface area (Å²) in [6.45, 7) is 0. The Kier molecular flexibility index (Phi) is 4.10. The third-order valence-corrected chi connectivity index (χ3v) is 3.79. The van der Waals surface area contributed by atoms with Gasteiger partial charge in [0.05, 0.1) is 30.7 Å². The summed E-state index contributed by atoms with van der Waals surface area (Å²) in [5.41, 5.74) is 1.97. The van der Waals surface area contributed by atoms with E-state index in [4.69, 9.17) is 4.74 Å². The topological polar surface area (TPSA) is 72.8 Å². The zero-order valence-electron chi connectivity index (χ0n) is 13.8. The Bertz CT molecular complexity index is 1070. The molecular weight excluding hydrogens is 333 g/mol. The van der Waals surface area contributed by atoms with Gasteiger partial charge in [-0.3, -0.25) is 9.97 Å². The largest absolute Gasteiger partial charge is 0.497 e. The van der Waals surface area contributed by atoms with Gasteiger partial charge >= 0.3 is 0 Å². The van der Waals surface area contributed by atoms with E-state index in [1.165, 1.54) is 12.3 Å². The maximum Gasteiger partial charge on any atom is 0.163 e. The Labute approximate surface area is 148 Å². The molecule has 26 heavy (non-hydrogen) atoms. The lowest BCUT2D eigenvalue weighted by Gasteiger charge is -2.11. The van der Waals surface area contributed by atoms with Gasteiger partial charge in [-0.1, -0.05) is 0 Å². The fraction of sp³-hybridized carbons (Fsp3) is 0.0526. The summed E-state index contributed by atoms with van der Waals surface area (Å²) in [5, 5.41) is 3.90. The van der Waals surface area contributed by atoms with Crippen LogP contribution < -0.4 is 10.1 Å². The van der Waals surface area contributed by atoms with Crippen molar-refractivity contribution in [1.82, 2.24) is 19.9 Å². The second-order valence-corrected chi connectivity index (χ2v) is 5.54. The number of hydrogen-bond acceptors (Lipinski definition) is 6. The van der Waals surface area contributed by atoms with E-state index in [1.807, 2.05) is 30.3 Å². The number of anilines is 2. The average molecular weight is 347 g/mol. The first-order valence-electron chi connectivity index (χ1n) is 7.87. The van der Waals surface area contributed by atoms with Crippen molar-refractivity contribution in [3.05, 3.63) is 67.0 Å². The van der Waals surface area contributed by atoms with Crippen LogP contribution in [-0.2, 0) is 0 Å². The number of ether oxygens (including phenoxy) is 1. The van der Waals surface area contributed by atoms with E-state index in [9.17, 15) is 4.39 Å². The molecule has 0 atom stereocenters. The van der Waals surface area contributed by atoms with E-state index in [1.54, 1.807) is 19.5 Å². The molecule has 0 aliphatic heterocycles. The number of hydrogen-bond donors (Lipinski definition) is 1. The third-order valence-electron chi connectivity index (χ3n) is 3.79. The molecule has 128 valence electrons. The molecule has 3 heterocycles. The molecular formula is C19H14FN5O. The Balaban J connectivity index is 1.88. The molecule has 0 bridgehead atoms. The van der Waals surface area contributed by atoms with Gasteiger partial charge in [0.15, 0.2) is 5.82 Å². The average Bonchev–Trinajstić information content (AvgIpc) is 2.68. The van der Waals surface area contributed by atoms with Crippen LogP contribution in [0.4, 0.5) is 15.9 Å². The molecule has 0 saturated carbocycles. The van der Waals surface area contributed by atoms with Gasteiger partial charge in [0.2, 0.25) is 0 Å². The minimum absolute atomic E-state index is 0.428. The summed E-state index contributed by atoms with van der Waals surface area (Å²) < 4.78 is 18.8. The fourth-order valence-electron chi connectivity index (χ4n) is 2.57. The first-order chi connectivity index (χ1) is 12.7. The summed E-state index contributed by atoms with van der Waals surface area (Å²) in [5.74, 6) is 1.31. The van der Waals surface area contributed by atoms with Crippen molar-refractivity contribution in [2.24, 2.45) is 0 Å². The van der Waals surface area contributed by atoms with Crippen LogP contribution in [0.3, 0.4) is 0 Å². The highest BCUT2D eigenvalue weighted by molar-refractivity contribution is 5.93. The van der Waals surface area contributed by atoms with Crippen molar-refractivity contribution < 1.29 is 9.13 Å². The number of fused-ring (bicyclic) bond motifs is 1. The van der Waals surface area contributed by atoms with Crippen LogP contribution in [0.5, 0.6) is 5.75 Å². The highest BCUT2D eigenvalue weighted by Gasteiger charge is 2.11. The van der Waals surface area contributed by atoms with Gasteiger partial charge in [0.1, 0.15) is 17.4 Å². The highest BCUT2D eigenvalue weighted by Crippen LogP contribution is 2.29. The standard InChI is InChI=1S/C19H14FN5O/c1-26-15-4-5-16-17(8-15)24-18(12-3-2-6-21-9-12)25-19(16)23-14-7-13(20)10-22-11-14/h2-11H,1H3,(H,23,24,25). The Morgan fingerprint density at radius 2 is 1.92 bits per heavy atom. The van der Waals surface area contributed by atoms with Gasteiger partial charge in [-0.2, -0.15) is 0 Å². The van der Waals surface area contributed by atoms with E-state index in [-0.39, 0.29) is 0 Å². The number of methoxy groups -OCH3 is 1. The second kappa shape index (κ2) is 6.72. The van der Waals surface area contributed by atoms with Gasteiger partial charge in [-0.25, -0.2) is 14.4 Å². The van der Waals surface area contributed by atoms with Crippen LogP contribution in [0, 0.1) is 5.82 Å². The van der Waals surface area contributed by atoms with Gasteiger partial charge in [-0.15, -0.1) is 0 Å². The SMILES string of the molecule is COc1ccc2c(Nc3cncc(F)c3)nc(-c3cccnc3)nc2c1. The Morgan fingerprint density at radius 3 is 2.69 bits per heavy atom. The molecule has 1 N–H and O–H groups in total. The van der Waals surface area contributed by atoms with E-state index in [2.05, 4.69) is 25.3 Å². The molecule has 0 radical (unpaired) electrons. The molecule has 0 fully saturated rings. The van der Waals surface area contributed by atoms with Gasteiger partial charge in [0.25, 0.3) is 0 Å². The monoisotopic (exact) mass is 347 g/mol. The minimum atomic E-state index is -0.428. The summed E-state index contributed by atoms with van der Waals surface area (Å²) in [6.07, 6.45) is 6.06. The zero-order valence-corrected chi connectivity index (χ0v) is 13.8. The molecule has 3 aromatic heterocycles. The summed E-state index contributed by atoms with van der Waals surface area (Å²) in [4.78, 5) is 17.2. The maximum absolute atomic E-state index is 13.5. The number of rotatable bonds is 4. The van der Waals surface area contributed by atoms with Gasteiger partial charge in [-0.05, 0) is 24.3 Å². The van der Waals surface area contributed by atoms with Gasteiger partial charge in [0, 0.05) is 35.5 Å². The first kappa shape index (κ1) is 15.9. The number of pyridine rings is 2. The van der Waals surface area contributed by atoms with Crippen molar-refractivity contribution >= 4 is 22.4 Å². The lowest BCUT2D eigenvalue weighted by molar-refractivity contribution is 0.415. The quantitative estimate of drug-likeness (QED) is 0.602. The number of benzene rings is 1. The van der Waals surface area contributed by atoms with E-state index >= 15 is 0 Å². The van der Waals surface area contributed by atoms with Gasteiger partial charge < -0.3 is 10.1 Å². The number of aromatic nitrogens is 4. The molecule has 6 nitrogen and oxygen atoms in total. The van der Waals surface area contributed by atoms with Crippen LogP contribution in [0.2, 0.25) is 0 Å². The number of nitrogens with one attached hydrogen (secondary N) is 1. The van der Waals surface area contributed by atoms with Crippen LogP contribution in [0.1, 0.15) is 0 Å². The maximum atomic E-state index is 13.5. The Hall–Kier alpha value is -3.61. The van der Waals surface area contributed by atoms with Crippen molar-refractivity contribution in [1.29, 1.82) is 0 Å². The Morgan fingerprint density at radius 1 is 1.00 bits per heavy atom. The third kappa shape index (κ3) is 3.14. The van der Waals surface area contributed by atoms with Crippen LogP contribution in [-0.4, -0.2) is 27.0 Å². The van der Waals surface area contributed by atoms with E-state index in [0.29, 0.717) is 28.6 Å². The highest BCUT2D eigenvalue weighted by atomic mass is 19.1. The van der Waals surface area contributed by atoms with E-state index < -0.39 is 5.82 Å². The van der Waals surface area contributed by atoms with Crippen molar-refractivity contribution in [2.45, 2.75) is 0 Å². The van der Waals surface area contributed by atoms with Crippen LogP contribution in [0.25, 0.3) is 22.3 Å².